The molecule has 0 aliphatic carbocycles. The van der Waals surface area contributed by atoms with Crippen LogP contribution < -0.4 is 5.32 Å². The fourth-order valence-corrected chi connectivity index (χ4v) is 4.02. The van der Waals surface area contributed by atoms with E-state index in [0.29, 0.717) is 6.04 Å². The molecule has 1 aromatic rings. The summed E-state index contributed by atoms with van der Waals surface area (Å²) in [6.45, 7) is 15.2. The van der Waals surface area contributed by atoms with E-state index in [0.717, 1.165) is 13.1 Å². The molecule has 2 aliphatic heterocycles. The molecule has 1 atom stereocenters. The maximum absolute atomic E-state index is 3.50. The molecule has 3 heteroatoms. The zero-order chi connectivity index (χ0) is 17.0. The Kier molecular flexibility index (Phi) is 5.96. The highest BCUT2D eigenvalue weighted by Gasteiger charge is 2.25. The number of benzene rings is 1. The summed E-state index contributed by atoms with van der Waals surface area (Å²) in [5.74, 6) is 0. The third-order valence-electron chi connectivity index (χ3n) is 5.63. The lowest BCUT2D eigenvalue weighted by atomic mass is 9.86. The van der Waals surface area contributed by atoms with E-state index in [9.17, 15) is 0 Å². The standard InChI is InChI=1S/C21H35N3/c1-21(2,3)19-9-7-18(8-10-19)20(24-15-11-22-12-16-24)17-23-13-5-4-6-14-23/h7-10,20,22H,4-6,11-17H2,1-3H3. The van der Waals surface area contributed by atoms with Crippen LogP contribution in [0, 0.1) is 0 Å². The van der Waals surface area contributed by atoms with E-state index in [1.165, 1.54) is 63.1 Å². The van der Waals surface area contributed by atoms with Gasteiger partial charge in [0.1, 0.15) is 0 Å². The average Bonchev–Trinajstić information content (AvgIpc) is 2.61. The van der Waals surface area contributed by atoms with Gasteiger partial charge in [0.05, 0.1) is 0 Å². The summed E-state index contributed by atoms with van der Waals surface area (Å²) < 4.78 is 0. The van der Waals surface area contributed by atoms with Crippen LogP contribution in [0.5, 0.6) is 0 Å². The molecule has 0 spiro atoms. The van der Waals surface area contributed by atoms with Crippen molar-refractivity contribution in [3.8, 4) is 0 Å². The fraction of sp³-hybridized carbons (Fsp3) is 0.714. The molecule has 134 valence electrons. The Morgan fingerprint density at radius 3 is 2.12 bits per heavy atom. The number of nitrogens with one attached hydrogen (secondary N) is 1. The maximum Gasteiger partial charge on any atom is 0.0476 e. The average molecular weight is 330 g/mol. The topological polar surface area (TPSA) is 18.5 Å². The van der Waals surface area contributed by atoms with Gasteiger partial charge in [-0.3, -0.25) is 4.90 Å². The van der Waals surface area contributed by atoms with Crippen LogP contribution in [0.4, 0.5) is 0 Å². The van der Waals surface area contributed by atoms with Crippen LogP contribution in [0.3, 0.4) is 0 Å². The molecular formula is C21H35N3. The van der Waals surface area contributed by atoms with Gasteiger partial charge in [-0.2, -0.15) is 0 Å². The van der Waals surface area contributed by atoms with E-state index in [1.54, 1.807) is 0 Å². The summed E-state index contributed by atoms with van der Waals surface area (Å²) >= 11 is 0. The first-order chi connectivity index (χ1) is 11.5. The van der Waals surface area contributed by atoms with E-state index in [1.807, 2.05) is 0 Å². The molecule has 1 unspecified atom stereocenters. The minimum Gasteiger partial charge on any atom is -0.314 e. The van der Waals surface area contributed by atoms with Gasteiger partial charge in [0.15, 0.2) is 0 Å². The van der Waals surface area contributed by atoms with Crippen molar-refractivity contribution in [2.24, 2.45) is 0 Å². The molecular weight excluding hydrogens is 294 g/mol. The van der Waals surface area contributed by atoms with Gasteiger partial charge in [-0.25, -0.2) is 0 Å². The second-order valence-electron chi connectivity index (χ2n) is 8.54. The summed E-state index contributed by atoms with van der Waals surface area (Å²) in [4.78, 5) is 5.38. The van der Waals surface area contributed by atoms with Crippen LogP contribution in [-0.2, 0) is 5.41 Å². The quantitative estimate of drug-likeness (QED) is 0.913. The Hall–Kier alpha value is -0.900. The molecule has 1 N–H and O–H groups in total. The van der Waals surface area contributed by atoms with Gasteiger partial charge >= 0.3 is 0 Å². The number of hydrogen-bond acceptors (Lipinski definition) is 3. The van der Waals surface area contributed by atoms with Crippen molar-refractivity contribution in [1.82, 2.24) is 15.1 Å². The van der Waals surface area contributed by atoms with Crippen molar-refractivity contribution >= 4 is 0 Å². The number of piperazine rings is 1. The highest BCUT2D eigenvalue weighted by Crippen LogP contribution is 2.28. The van der Waals surface area contributed by atoms with Crippen molar-refractivity contribution < 1.29 is 0 Å². The van der Waals surface area contributed by atoms with Gasteiger partial charge in [0.2, 0.25) is 0 Å². The van der Waals surface area contributed by atoms with Crippen LogP contribution in [0.25, 0.3) is 0 Å². The zero-order valence-electron chi connectivity index (χ0n) is 15.9. The third-order valence-corrected chi connectivity index (χ3v) is 5.63. The van der Waals surface area contributed by atoms with Crippen LogP contribution >= 0.6 is 0 Å². The Morgan fingerprint density at radius 1 is 0.917 bits per heavy atom. The molecule has 2 aliphatic rings. The van der Waals surface area contributed by atoms with Gasteiger partial charge in [-0.1, -0.05) is 51.5 Å². The minimum atomic E-state index is 0.232. The van der Waals surface area contributed by atoms with Crippen LogP contribution in [0.1, 0.15) is 57.2 Å². The second kappa shape index (κ2) is 7.99. The number of likely N-dealkylation sites (tertiary alicyclic amines) is 1. The lowest BCUT2D eigenvalue weighted by Crippen LogP contribution is -2.48. The summed E-state index contributed by atoms with van der Waals surface area (Å²) in [7, 11) is 0. The van der Waals surface area contributed by atoms with Gasteiger partial charge in [-0.15, -0.1) is 0 Å². The normalized spacial score (nSPS) is 22.5. The van der Waals surface area contributed by atoms with Gasteiger partial charge in [0.25, 0.3) is 0 Å². The van der Waals surface area contributed by atoms with Gasteiger partial charge < -0.3 is 10.2 Å². The predicted molar refractivity (Wildman–Crippen MR) is 103 cm³/mol. The Labute approximate surface area is 148 Å². The monoisotopic (exact) mass is 329 g/mol. The van der Waals surface area contributed by atoms with E-state index in [4.69, 9.17) is 0 Å². The maximum atomic E-state index is 3.50. The molecule has 2 heterocycles. The Bertz CT molecular complexity index is 491. The SMILES string of the molecule is CC(C)(C)c1ccc(C(CN2CCCCC2)N2CCNCC2)cc1. The molecule has 2 fully saturated rings. The van der Waals surface area contributed by atoms with E-state index in [2.05, 4.69) is 60.2 Å². The summed E-state index contributed by atoms with van der Waals surface area (Å²) in [6, 6.07) is 10.0. The lowest BCUT2D eigenvalue weighted by molar-refractivity contribution is 0.114. The molecule has 0 amide bonds. The predicted octanol–water partition coefficient (Wildman–Crippen LogP) is 3.42. The highest BCUT2D eigenvalue weighted by atomic mass is 15.2. The smallest absolute Gasteiger partial charge is 0.0476 e. The fourth-order valence-electron chi connectivity index (χ4n) is 4.02. The van der Waals surface area contributed by atoms with Crippen molar-refractivity contribution in [1.29, 1.82) is 0 Å². The van der Waals surface area contributed by atoms with Crippen LogP contribution in [0.15, 0.2) is 24.3 Å². The molecule has 0 radical (unpaired) electrons. The third kappa shape index (κ3) is 4.59. The molecule has 0 aromatic heterocycles. The van der Waals surface area contributed by atoms with Crippen molar-refractivity contribution in [3.05, 3.63) is 35.4 Å². The van der Waals surface area contributed by atoms with Crippen LogP contribution in [0.2, 0.25) is 0 Å². The van der Waals surface area contributed by atoms with E-state index >= 15 is 0 Å². The second-order valence-corrected chi connectivity index (χ2v) is 8.54. The first kappa shape index (κ1) is 17.9. The van der Waals surface area contributed by atoms with Crippen molar-refractivity contribution in [3.63, 3.8) is 0 Å². The number of piperidine rings is 1. The molecule has 3 rings (SSSR count). The van der Waals surface area contributed by atoms with Crippen molar-refractivity contribution in [2.45, 2.75) is 51.5 Å². The Morgan fingerprint density at radius 2 is 1.54 bits per heavy atom. The molecule has 0 bridgehead atoms. The van der Waals surface area contributed by atoms with E-state index < -0.39 is 0 Å². The van der Waals surface area contributed by atoms with Gasteiger partial charge in [-0.05, 0) is 42.5 Å². The summed E-state index contributed by atoms with van der Waals surface area (Å²) in [5.41, 5.74) is 3.16. The first-order valence-corrected chi connectivity index (χ1v) is 9.81. The molecule has 2 saturated heterocycles. The van der Waals surface area contributed by atoms with Gasteiger partial charge in [0, 0.05) is 38.8 Å². The summed E-state index contributed by atoms with van der Waals surface area (Å²) in [5, 5.41) is 3.50. The summed E-state index contributed by atoms with van der Waals surface area (Å²) in [6.07, 6.45) is 4.16. The molecule has 24 heavy (non-hydrogen) atoms. The molecule has 1 aromatic carbocycles. The highest BCUT2D eigenvalue weighted by molar-refractivity contribution is 5.29. The lowest BCUT2D eigenvalue weighted by Gasteiger charge is -2.39. The molecule has 0 saturated carbocycles. The first-order valence-electron chi connectivity index (χ1n) is 9.81. The Balaban J connectivity index is 1.77. The van der Waals surface area contributed by atoms with Crippen LogP contribution in [-0.4, -0.2) is 55.6 Å². The number of hydrogen-bond donors (Lipinski definition) is 1. The molecule has 3 nitrogen and oxygen atoms in total. The van der Waals surface area contributed by atoms with Crippen molar-refractivity contribution in [2.75, 3.05) is 45.8 Å². The minimum absolute atomic E-state index is 0.232. The zero-order valence-corrected chi connectivity index (χ0v) is 15.9. The largest absolute Gasteiger partial charge is 0.314 e. The van der Waals surface area contributed by atoms with E-state index in [-0.39, 0.29) is 5.41 Å². The number of rotatable bonds is 4. The number of nitrogens with zero attached hydrogens (tertiary/aromatic N) is 2.